The van der Waals surface area contributed by atoms with E-state index in [2.05, 4.69) is 29.4 Å². The zero-order valence-corrected chi connectivity index (χ0v) is 21.7. The molecule has 4 aromatic rings. The summed E-state index contributed by atoms with van der Waals surface area (Å²) in [7, 11) is 2.09. The van der Waals surface area contributed by atoms with Crippen LogP contribution in [0.1, 0.15) is 49.3 Å². The van der Waals surface area contributed by atoms with Crippen molar-refractivity contribution in [3.8, 4) is 11.3 Å². The van der Waals surface area contributed by atoms with Crippen molar-refractivity contribution < 1.29 is 9.59 Å². The minimum absolute atomic E-state index is 0.0129. The Morgan fingerprint density at radius 2 is 1.58 bits per heavy atom. The SMILES string of the molecule is CC(C)C(=O)Nc1ccc(-c2nc3ccc(C(=O)C(C)C)cn3c2CN(C)Cc2ccccc2)cc1. The third-order valence-electron chi connectivity index (χ3n) is 6.19. The van der Waals surface area contributed by atoms with Gasteiger partial charge in [-0.3, -0.25) is 14.5 Å². The highest BCUT2D eigenvalue weighted by Crippen LogP contribution is 2.28. The molecular formula is C30H34N4O2. The number of carbonyl (C=O) groups is 2. The third-order valence-corrected chi connectivity index (χ3v) is 6.19. The van der Waals surface area contributed by atoms with Crippen LogP contribution in [-0.4, -0.2) is 33.0 Å². The summed E-state index contributed by atoms with van der Waals surface area (Å²) < 4.78 is 2.04. The molecular weight excluding hydrogens is 448 g/mol. The van der Waals surface area contributed by atoms with Crippen LogP contribution >= 0.6 is 0 Å². The molecule has 0 saturated heterocycles. The number of hydrogen-bond donors (Lipinski definition) is 1. The molecule has 0 aliphatic rings. The average Bonchev–Trinajstić information content (AvgIpc) is 3.21. The minimum Gasteiger partial charge on any atom is -0.326 e. The molecule has 1 amide bonds. The average molecular weight is 483 g/mol. The molecule has 0 saturated carbocycles. The smallest absolute Gasteiger partial charge is 0.226 e. The van der Waals surface area contributed by atoms with Crippen LogP contribution < -0.4 is 5.32 Å². The van der Waals surface area contributed by atoms with E-state index in [0.717, 1.165) is 34.8 Å². The zero-order valence-electron chi connectivity index (χ0n) is 21.7. The lowest BCUT2D eigenvalue weighted by molar-refractivity contribution is -0.118. The van der Waals surface area contributed by atoms with E-state index in [4.69, 9.17) is 4.98 Å². The molecule has 4 rings (SSSR count). The second-order valence-electron chi connectivity index (χ2n) is 9.95. The standard InChI is InChI=1S/C30H34N4O2/c1-20(2)29(35)24-13-16-27-32-28(23-11-14-25(15-12-23)31-30(36)21(3)4)26(34(27)18-24)19-33(5)17-22-9-7-6-8-10-22/h6-16,18,20-21H,17,19H2,1-5H3,(H,31,36). The molecule has 2 heterocycles. The Balaban J connectivity index is 1.72. The van der Waals surface area contributed by atoms with Gasteiger partial charge < -0.3 is 9.72 Å². The summed E-state index contributed by atoms with van der Waals surface area (Å²) in [5.74, 6) is -0.0668. The minimum atomic E-state index is -0.0855. The lowest BCUT2D eigenvalue weighted by Gasteiger charge is -2.18. The predicted molar refractivity (Wildman–Crippen MR) is 145 cm³/mol. The van der Waals surface area contributed by atoms with Crippen molar-refractivity contribution in [2.75, 3.05) is 12.4 Å². The van der Waals surface area contributed by atoms with E-state index in [1.54, 1.807) is 0 Å². The Labute approximate surface area is 213 Å². The predicted octanol–water partition coefficient (Wildman–Crippen LogP) is 6.07. The monoisotopic (exact) mass is 482 g/mol. The summed E-state index contributed by atoms with van der Waals surface area (Å²) in [6.45, 7) is 9.02. The number of amides is 1. The van der Waals surface area contributed by atoms with Crippen molar-refractivity contribution in [1.29, 1.82) is 0 Å². The van der Waals surface area contributed by atoms with E-state index in [9.17, 15) is 9.59 Å². The molecule has 0 bridgehead atoms. The van der Waals surface area contributed by atoms with Crippen LogP contribution in [0.2, 0.25) is 0 Å². The van der Waals surface area contributed by atoms with E-state index in [1.807, 2.05) is 92.9 Å². The van der Waals surface area contributed by atoms with Crippen molar-refractivity contribution >= 4 is 23.0 Å². The number of imidazole rings is 1. The van der Waals surface area contributed by atoms with Crippen molar-refractivity contribution in [2.24, 2.45) is 11.8 Å². The number of anilines is 1. The fourth-order valence-corrected chi connectivity index (χ4v) is 4.16. The maximum Gasteiger partial charge on any atom is 0.226 e. The quantitative estimate of drug-likeness (QED) is 0.294. The summed E-state index contributed by atoms with van der Waals surface area (Å²) in [6, 6.07) is 21.9. The summed E-state index contributed by atoms with van der Waals surface area (Å²) in [4.78, 5) is 32.0. The van der Waals surface area contributed by atoms with Gasteiger partial charge in [-0.1, -0.05) is 70.2 Å². The molecule has 0 aliphatic carbocycles. The van der Waals surface area contributed by atoms with E-state index in [1.165, 1.54) is 5.56 Å². The number of pyridine rings is 1. The lowest BCUT2D eigenvalue weighted by atomic mass is 10.0. The van der Waals surface area contributed by atoms with Crippen molar-refractivity contribution in [1.82, 2.24) is 14.3 Å². The first-order valence-electron chi connectivity index (χ1n) is 12.4. The molecule has 0 fully saturated rings. The highest BCUT2D eigenvalue weighted by atomic mass is 16.1. The van der Waals surface area contributed by atoms with Gasteiger partial charge in [0.05, 0.1) is 11.4 Å². The van der Waals surface area contributed by atoms with Crippen molar-refractivity contribution in [3.05, 3.63) is 89.7 Å². The van der Waals surface area contributed by atoms with Crippen LogP contribution in [0, 0.1) is 11.8 Å². The first-order chi connectivity index (χ1) is 17.2. The Kier molecular flexibility index (Phi) is 7.65. The van der Waals surface area contributed by atoms with E-state index < -0.39 is 0 Å². The summed E-state index contributed by atoms with van der Waals surface area (Å²) in [6.07, 6.45) is 1.91. The molecule has 0 spiro atoms. The number of carbonyl (C=O) groups excluding carboxylic acids is 2. The number of benzene rings is 2. The first kappa shape index (κ1) is 25.3. The Morgan fingerprint density at radius 1 is 0.889 bits per heavy atom. The maximum atomic E-state index is 12.7. The number of aromatic nitrogens is 2. The van der Waals surface area contributed by atoms with E-state index in [0.29, 0.717) is 12.1 Å². The van der Waals surface area contributed by atoms with Gasteiger partial charge in [0.2, 0.25) is 5.91 Å². The van der Waals surface area contributed by atoms with Gasteiger partial charge in [-0.05, 0) is 36.9 Å². The number of Topliss-reactive ketones (excluding diaryl/α,β-unsaturated/α-hetero) is 1. The number of nitrogens with one attached hydrogen (secondary N) is 1. The van der Waals surface area contributed by atoms with Gasteiger partial charge in [-0.2, -0.15) is 0 Å². The number of ketones is 1. The highest BCUT2D eigenvalue weighted by molar-refractivity contribution is 5.97. The van der Waals surface area contributed by atoms with Crippen LogP contribution in [0.15, 0.2) is 72.9 Å². The van der Waals surface area contributed by atoms with Gasteiger partial charge in [0.1, 0.15) is 5.65 Å². The van der Waals surface area contributed by atoms with Crippen molar-refractivity contribution in [2.45, 2.75) is 40.8 Å². The molecule has 36 heavy (non-hydrogen) atoms. The van der Waals surface area contributed by atoms with Gasteiger partial charge in [-0.15, -0.1) is 0 Å². The molecule has 0 aliphatic heterocycles. The topological polar surface area (TPSA) is 66.7 Å². The molecule has 2 aromatic carbocycles. The van der Waals surface area contributed by atoms with Crippen LogP contribution in [0.5, 0.6) is 0 Å². The largest absolute Gasteiger partial charge is 0.326 e. The lowest BCUT2D eigenvalue weighted by Crippen LogP contribution is -2.19. The highest BCUT2D eigenvalue weighted by Gasteiger charge is 2.19. The van der Waals surface area contributed by atoms with Crippen LogP contribution in [-0.2, 0) is 17.9 Å². The second-order valence-corrected chi connectivity index (χ2v) is 9.95. The van der Waals surface area contributed by atoms with Crippen molar-refractivity contribution in [3.63, 3.8) is 0 Å². The Hall–Kier alpha value is -3.77. The van der Waals surface area contributed by atoms with E-state index >= 15 is 0 Å². The molecule has 0 unspecified atom stereocenters. The van der Waals surface area contributed by atoms with Gasteiger partial charge in [0.15, 0.2) is 5.78 Å². The molecule has 0 radical (unpaired) electrons. The summed E-state index contributed by atoms with van der Waals surface area (Å²) in [5, 5.41) is 2.94. The molecule has 186 valence electrons. The third kappa shape index (κ3) is 5.71. The van der Waals surface area contributed by atoms with Gasteiger partial charge >= 0.3 is 0 Å². The second kappa shape index (κ2) is 10.9. The number of rotatable bonds is 9. The number of hydrogen-bond acceptors (Lipinski definition) is 4. The Morgan fingerprint density at radius 3 is 2.22 bits per heavy atom. The molecule has 6 heteroatoms. The fraction of sp³-hybridized carbons (Fsp3) is 0.300. The summed E-state index contributed by atoms with van der Waals surface area (Å²) >= 11 is 0. The maximum absolute atomic E-state index is 12.7. The molecule has 1 N–H and O–H groups in total. The summed E-state index contributed by atoms with van der Waals surface area (Å²) in [5.41, 5.74) is 6.31. The van der Waals surface area contributed by atoms with Crippen LogP contribution in [0.4, 0.5) is 5.69 Å². The van der Waals surface area contributed by atoms with E-state index in [-0.39, 0.29) is 23.5 Å². The van der Waals surface area contributed by atoms with Crippen LogP contribution in [0.25, 0.3) is 16.9 Å². The normalized spacial score (nSPS) is 11.6. The molecule has 2 aromatic heterocycles. The Bertz CT molecular complexity index is 1360. The molecule has 6 nitrogen and oxygen atoms in total. The zero-order chi connectivity index (χ0) is 25.8. The van der Waals surface area contributed by atoms with Gasteiger partial charge in [0.25, 0.3) is 0 Å². The number of fused-ring (bicyclic) bond motifs is 1. The molecule has 0 atom stereocenters. The first-order valence-corrected chi connectivity index (χ1v) is 12.4. The van der Waals surface area contributed by atoms with Gasteiger partial charge in [-0.25, -0.2) is 4.98 Å². The van der Waals surface area contributed by atoms with Gasteiger partial charge in [0, 0.05) is 47.9 Å². The number of nitrogens with zero attached hydrogens (tertiary/aromatic N) is 3. The fourth-order valence-electron chi connectivity index (χ4n) is 4.16. The van der Waals surface area contributed by atoms with Crippen LogP contribution in [0.3, 0.4) is 0 Å².